The highest BCUT2D eigenvalue weighted by molar-refractivity contribution is 7.98. The number of hydrogen-bond acceptors (Lipinski definition) is 6. The molecule has 0 atom stereocenters. The van der Waals surface area contributed by atoms with E-state index < -0.39 is 11.4 Å². The summed E-state index contributed by atoms with van der Waals surface area (Å²) in [6, 6.07) is 18.4. The van der Waals surface area contributed by atoms with E-state index in [1.807, 2.05) is 12.1 Å². The van der Waals surface area contributed by atoms with Gasteiger partial charge in [0.25, 0.3) is 5.56 Å². The number of ether oxygens (including phenoxy) is 1. The van der Waals surface area contributed by atoms with Crippen molar-refractivity contribution < 1.29 is 13.5 Å². The monoisotopic (exact) mass is 474 g/mol. The summed E-state index contributed by atoms with van der Waals surface area (Å²) < 4.78 is 26.3. The molecule has 2 heterocycles. The predicted molar refractivity (Wildman–Crippen MR) is 131 cm³/mol. The van der Waals surface area contributed by atoms with Crippen LogP contribution < -0.4 is 15.9 Å². The minimum absolute atomic E-state index is 0.293. The first-order valence-electron chi connectivity index (χ1n) is 10.5. The Kier molecular flexibility index (Phi) is 5.67. The minimum atomic E-state index is -0.485. The molecule has 170 valence electrons. The molecule has 5 rings (SSSR count). The summed E-state index contributed by atoms with van der Waals surface area (Å²) in [7, 11) is 1.54. The van der Waals surface area contributed by atoms with Crippen molar-refractivity contribution in [2.24, 2.45) is 0 Å². The Labute approximate surface area is 197 Å². The Morgan fingerprint density at radius 3 is 2.65 bits per heavy atom. The number of benzene rings is 3. The summed E-state index contributed by atoms with van der Waals surface area (Å²) in [5.74, 6) is 0.508. The lowest BCUT2D eigenvalue weighted by Gasteiger charge is -2.14. The maximum absolute atomic E-state index is 14.4. The van der Waals surface area contributed by atoms with Crippen LogP contribution in [0.4, 0.5) is 4.39 Å². The van der Waals surface area contributed by atoms with Crippen molar-refractivity contribution in [2.75, 3.05) is 7.11 Å². The molecule has 6 nitrogen and oxygen atoms in total. The smallest absolute Gasteiger partial charge is 0.336 e. The van der Waals surface area contributed by atoms with E-state index in [0.29, 0.717) is 44.4 Å². The van der Waals surface area contributed by atoms with Crippen LogP contribution in [0.15, 0.2) is 85.9 Å². The normalized spacial score (nSPS) is 11.3. The zero-order valence-corrected chi connectivity index (χ0v) is 19.2. The standard InChI is InChI=1S/C26H19FN2O4S/c1-15-7-8-17(12-21(15)27)29-25(31)20-5-3-4-6-22(20)28-26(29)34-14-16-11-24(30)33-23-13-18(32-2)9-10-19(16)23/h3-13H,14H2,1-2H3. The first kappa shape index (κ1) is 21.9. The van der Waals surface area contributed by atoms with E-state index >= 15 is 0 Å². The van der Waals surface area contributed by atoms with Crippen LogP contribution in [-0.4, -0.2) is 16.7 Å². The number of halogens is 1. The Balaban J connectivity index is 1.64. The van der Waals surface area contributed by atoms with Gasteiger partial charge in [0.1, 0.15) is 17.1 Å². The lowest BCUT2D eigenvalue weighted by molar-refractivity contribution is 0.414. The van der Waals surface area contributed by atoms with E-state index in [1.165, 1.54) is 35.6 Å². The molecule has 0 aliphatic carbocycles. The molecule has 0 saturated carbocycles. The molecule has 0 radical (unpaired) electrons. The van der Waals surface area contributed by atoms with E-state index in [2.05, 4.69) is 0 Å². The van der Waals surface area contributed by atoms with Crippen LogP contribution >= 0.6 is 11.8 Å². The zero-order valence-electron chi connectivity index (χ0n) is 18.4. The van der Waals surface area contributed by atoms with Gasteiger partial charge < -0.3 is 9.15 Å². The molecule has 0 aliphatic rings. The van der Waals surface area contributed by atoms with Gasteiger partial charge in [0.15, 0.2) is 5.16 Å². The van der Waals surface area contributed by atoms with E-state index in [4.69, 9.17) is 14.1 Å². The molecule has 3 aromatic carbocycles. The third-order valence-corrected chi connectivity index (χ3v) is 6.54. The van der Waals surface area contributed by atoms with Crippen LogP contribution in [0.3, 0.4) is 0 Å². The molecule has 0 unspecified atom stereocenters. The number of fused-ring (bicyclic) bond motifs is 2. The SMILES string of the molecule is COc1ccc2c(CSc3nc4ccccc4c(=O)n3-c3ccc(C)c(F)c3)cc(=O)oc2c1. The van der Waals surface area contributed by atoms with Gasteiger partial charge in [-0.25, -0.2) is 14.2 Å². The van der Waals surface area contributed by atoms with Gasteiger partial charge in [0, 0.05) is 23.3 Å². The van der Waals surface area contributed by atoms with Crippen LogP contribution in [0.25, 0.3) is 27.6 Å². The molecule has 0 spiro atoms. The molecular weight excluding hydrogens is 455 g/mol. The topological polar surface area (TPSA) is 74.3 Å². The highest BCUT2D eigenvalue weighted by Gasteiger charge is 2.16. The quantitative estimate of drug-likeness (QED) is 0.197. The first-order valence-corrected chi connectivity index (χ1v) is 11.4. The van der Waals surface area contributed by atoms with Gasteiger partial charge in [-0.3, -0.25) is 9.36 Å². The largest absolute Gasteiger partial charge is 0.497 e. The Hall–Kier alpha value is -3.91. The molecule has 34 heavy (non-hydrogen) atoms. The lowest BCUT2D eigenvalue weighted by Crippen LogP contribution is -2.22. The fourth-order valence-corrected chi connectivity index (χ4v) is 4.76. The lowest BCUT2D eigenvalue weighted by atomic mass is 10.1. The Bertz CT molecular complexity index is 1680. The van der Waals surface area contributed by atoms with E-state index in [0.717, 1.165) is 10.9 Å². The molecule has 0 aliphatic heterocycles. The number of thioether (sulfide) groups is 1. The van der Waals surface area contributed by atoms with Crippen molar-refractivity contribution in [3.8, 4) is 11.4 Å². The fraction of sp³-hybridized carbons (Fsp3) is 0.115. The van der Waals surface area contributed by atoms with Crippen molar-refractivity contribution in [3.05, 3.63) is 104 Å². The summed E-state index contributed by atoms with van der Waals surface area (Å²) in [4.78, 5) is 30.3. The second-order valence-electron chi connectivity index (χ2n) is 7.73. The zero-order chi connectivity index (χ0) is 23.8. The number of aryl methyl sites for hydroxylation is 1. The molecule has 0 saturated heterocycles. The van der Waals surface area contributed by atoms with Crippen molar-refractivity contribution in [1.82, 2.24) is 9.55 Å². The van der Waals surface area contributed by atoms with Crippen LogP contribution in [0.1, 0.15) is 11.1 Å². The van der Waals surface area contributed by atoms with Gasteiger partial charge in [-0.05, 0) is 54.4 Å². The van der Waals surface area contributed by atoms with Crippen molar-refractivity contribution in [2.45, 2.75) is 17.8 Å². The van der Waals surface area contributed by atoms with Crippen molar-refractivity contribution in [1.29, 1.82) is 0 Å². The highest BCUT2D eigenvalue weighted by atomic mass is 32.2. The molecular formula is C26H19FN2O4S. The van der Waals surface area contributed by atoms with Gasteiger partial charge in [-0.15, -0.1) is 0 Å². The van der Waals surface area contributed by atoms with Crippen LogP contribution in [0.5, 0.6) is 5.75 Å². The number of rotatable bonds is 5. The van der Waals surface area contributed by atoms with E-state index in [-0.39, 0.29) is 5.56 Å². The van der Waals surface area contributed by atoms with Gasteiger partial charge in [-0.2, -0.15) is 0 Å². The van der Waals surface area contributed by atoms with Gasteiger partial charge in [0.2, 0.25) is 0 Å². The summed E-state index contributed by atoms with van der Waals surface area (Å²) in [5.41, 5.74) is 1.77. The van der Waals surface area contributed by atoms with Gasteiger partial charge >= 0.3 is 5.63 Å². The molecule has 0 amide bonds. The molecule has 2 aromatic heterocycles. The average Bonchev–Trinajstić information content (AvgIpc) is 2.84. The van der Waals surface area contributed by atoms with Crippen molar-refractivity contribution >= 4 is 33.6 Å². The second kappa shape index (κ2) is 8.79. The molecule has 8 heteroatoms. The van der Waals surface area contributed by atoms with Crippen LogP contribution in [-0.2, 0) is 5.75 Å². The first-order chi connectivity index (χ1) is 16.4. The summed E-state index contributed by atoms with van der Waals surface area (Å²) in [6.45, 7) is 1.66. The number of nitrogens with zero attached hydrogens (tertiary/aromatic N) is 2. The predicted octanol–water partition coefficient (Wildman–Crippen LogP) is 5.24. The Morgan fingerprint density at radius 2 is 1.85 bits per heavy atom. The molecule has 0 fully saturated rings. The van der Waals surface area contributed by atoms with Crippen molar-refractivity contribution in [3.63, 3.8) is 0 Å². The fourth-order valence-electron chi connectivity index (χ4n) is 3.76. The van der Waals surface area contributed by atoms with E-state index in [1.54, 1.807) is 49.4 Å². The third kappa shape index (κ3) is 3.97. The third-order valence-electron chi connectivity index (χ3n) is 5.55. The number of hydrogen-bond donors (Lipinski definition) is 0. The Morgan fingerprint density at radius 1 is 1.03 bits per heavy atom. The maximum atomic E-state index is 14.4. The summed E-state index contributed by atoms with van der Waals surface area (Å²) >= 11 is 1.29. The van der Waals surface area contributed by atoms with Crippen LogP contribution in [0, 0.1) is 12.7 Å². The van der Waals surface area contributed by atoms with Gasteiger partial charge in [0.05, 0.1) is 23.7 Å². The van der Waals surface area contributed by atoms with E-state index in [9.17, 15) is 14.0 Å². The number of para-hydroxylation sites is 1. The summed E-state index contributed by atoms with van der Waals surface area (Å²) in [6.07, 6.45) is 0. The number of methoxy groups -OCH3 is 1. The van der Waals surface area contributed by atoms with Crippen LogP contribution in [0.2, 0.25) is 0 Å². The molecule has 0 N–H and O–H groups in total. The molecule has 0 bridgehead atoms. The average molecular weight is 475 g/mol. The molecule has 5 aromatic rings. The highest BCUT2D eigenvalue weighted by Crippen LogP contribution is 2.29. The summed E-state index contributed by atoms with van der Waals surface area (Å²) in [5, 5.41) is 1.58. The maximum Gasteiger partial charge on any atom is 0.336 e. The second-order valence-corrected chi connectivity index (χ2v) is 8.67. The minimum Gasteiger partial charge on any atom is -0.497 e. The number of aromatic nitrogens is 2. The van der Waals surface area contributed by atoms with Gasteiger partial charge in [-0.1, -0.05) is 30.0 Å².